The van der Waals surface area contributed by atoms with E-state index in [-0.39, 0.29) is 0 Å². The third kappa shape index (κ3) is 4.13. The Morgan fingerprint density at radius 2 is 1.69 bits per heavy atom. The first-order valence-electron chi connectivity index (χ1n) is 4.51. The smallest absolute Gasteiger partial charge is 0.285 e. The zero-order chi connectivity index (χ0) is 12.0. The van der Waals surface area contributed by atoms with Crippen LogP contribution in [0.4, 0.5) is 13.2 Å². The van der Waals surface area contributed by atoms with Gasteiger partial charge in [0.1, 0.15) is 0 Å². The van der Waals surface area contributed by atoms with Gasteiger partial charge in [-0.1, -0.05) is 48.6 Å². The van der Waals surface area contributed by atoms with Crippen molar-refractivity contribution in [3.8, 4) is 0 Å². The van der Waals surface area contributed by atoms with Crippen LogP contribution in [0.2, 0.25) is 0 Å². The van der Waals surface area contributed by atoms with Crippen LogP contribution in [0.5, 0.6) is 0 Å². The molecule has 0 saturated heterocycles. The van der Waals surface area contributed by atoms with Crippen molar-refractivity contribution < 1.29 is 18.0 Å². The topological polar surface area (TPSA) is 17.1 Å². The minimum Gasteiger partial charge on any atom is -0.285 e. The van der Waals surface area contributed by atoms with Crippen LogP contribution in [-0.4, -0.2) is 12.0 Å². The van der Waals surface area contributed by atoms with Crippen molar-refractivity contribution >= 4 is 11.9 Å². The minimum atomic E-state index is -4.79. The summed E-state index contributed by atoms with van der Waals surface area (Å²) in [5, 5.41) is 0. The largest absolute Gasteiger partial charge is 0.454 e. The van der Waals surface area contributed by atoms with E-state index in [0.717, 1.165) is 11.6 Å². The summed E-state index contributed by atoms with van der Waals surface area (Å²) in [4.78, 5) is 10.4. The molecule has 0 bridgehead atoms. The maximum atomic E-state index is 11.8. The standard InChI is InChI=1S/C12H9F3O/c13-12(14,15)11(16)9-5-4-8-10-6-2-1-3-7-10/h1-9H/b8-4+,9-5+. The van der Waals surface area contributed by atoms with Crippen molar-refractivity contribution in [1.82, 2.24) is 0 Å². The van der Waals surface area contributed by atoms with E-state index in [0.29, 0.717) is 6.08 Å². The van der Waals surface area contributed by atoms with Gasteiger partial charge in [-0.15, -0.1) is 0 Å². The lowest BCUT2D eigenvalue weighted by Crippen LogP contribution is -2.19. The molecule has 0 aromatic heterocycles. The van der Waals surface area contributed by atoms with E-state index in [9.17, 15) is 18.0 Å². The molecule has 0 aliphatic carbocycles. The summed E-state index contributed by atoms with van der Waals surface area (Å²) in [6.45, 7) is 0. The van der Waals surface area contributed by atoms with Gasteiger partial charge in [-0.25, -0.2) is 0 Å². The monoisotopic (exact) mass is 226 g/mol. The average Bonchev–Trinajstić information content (AvgIpc) is 2.24. The Balaban J connectivity index is 2.56. The van der Waals surface area contributed by atoms with Crippen LogP contribution in [0, 0.1) is 0 Å². The maximum absolute atomic E-state index is 11.8. The van der Waals surface area contributed by atoms with Gasteiger partial charge >= 0.3 is 6.18 Å². The highest BCUT2D eigenvalue weighted by Gasteiger charge is 2.35. The van der Waals surface area contributed by atoms with Crippen LogP contribution in [0.1, 0.15) is 5.56 Å². The number of hydrogen-bond donors (Lipinski definition) is 0. The normalized spacial score (nSPS) is 12.4. The Morgan fingerprint density at radius 3 is 2.25 bits per heavy atom. The molecule has 0 saturated carbocycles. The van der Waals surface area contributed by atoms with E-state index in [1.807, 2.05) is 18.2 Å². The molecule has 1 aromatic rings. The fraction of sp³-hybridized carbons (Fsp3) is 0.0833. The maximum Gasteiger partial charge on any atom is 0.454 e. The lowest BCUT2D eigenvalue weighted by atomic mass is 10.2. The molecule has 0 unspecified atom stereocenters. The molecule has 16 heavy (non-hydrogen) atoms. The van der Waals surface area contributed by atoms with Crippen LogP contribution >= 0.6 is 0 Å². The summed E-state index contributed by atoms with van der Waals surface area (Å²) in [6.07, 6.45) is -0.224. The Labute approximate surface area is 90.9 Å². The summed E-state index contributed by atoms with van der Waals surface area (Å²) in [5.41, 5.74) is 0.853. The minimum absolute atomic E-state index is 0.499. The van der Waals surface area contributed by atoms with Gasteiger partial charge in [0.15, 0.2) is 0 Å². The van der Waals surface area contributed by atoms with Gasteiger partial charge < -0.3 is 0 Å². The summed E-state index contributed by atoms with van der Waals surface area (Å²) < 4.78 is 35.3. The van der Waals surface area contributed by atoms with Gasteiger partial charge in [-0.05, 0) is 11.6 Å². The van der Waals surface area contributed by atoms with Gasteiger partial charge in [0, 0.05) is 0 Å². The predicted octanol–water partition coefficient (Wildman–Crippen LogP) is 3.39. The van der Waals surface area contributed by atoms with E-state index in [1.54, 1.807) is 18.2 Å². The van der Waals surface area contributed by atoms with Crippen LogP contribution in [-0.2, 0) is 4.79 Å². The number of carbonyl (C=O) groups is 1. The number of benzene rings is 1. The first-order chi connectivity index (χ1) is 7.50. The van der Waals surface area contributed by atoms with E-state index < -0.39 is 12.0 Å². The first-order valence-corrected chi connectivity index (χ1v) is 4.51. The quantitative estimate of drug-likeness (QED) is 0.570. The Kier molecular flexibility index (Phi) is 4.05. The fourth-order valence-corrected chi connectivity index (χ4v) is 0.968. The second-order valence-corrected chi connectivity index (χ2v) is 2.99. The number of halogens is 3. The van der Waals surface area contributed by atoms with Crippen molar-refractivity contribution in [2.45, 2.75) is 6.18 Å². The van der Waals surface area contributed by atoms with Crippen molar-refractivity contribution in [3.05, 3.63) is 54.1 Å². The SMILES string of the molecule is O=C(/C=C/C=C/c1ccccc1)C(F)(F)F. The lowest BCUT2D eigenvalue weighted by molar-refractivity contribution is -0.165. The van der Waals surface area contributed by atoms with Crippen molar-refractivity contribution in [1.29, 1.82) is 0 Å². The molecule has 0 aliphatic rings. The summed E-state index contributed by atoms with van der Waals surface area (Å²) in [6, 6.07) is 9.06. The lowest BCUT2D eigenvalue weighted by Gasteiger charge is -1.97. The van der Waals surface area contributed by atoms with Crippen molar-refractivity contribution in [2.75, 3.05) is 0 Å². The van der Waals surface area contributed by atoms with Crippen molar-refractivity contribution in [2.24, 2.45) is 0 Å². The summed E-state index contributed by atoms with van der Waals surface area (Å²) >= 11 is 0. The highest BCUT2D eigenvalue weighted by molar-refractivity contribution is 5.94. The molecule has 0 aliphatic heterocycles. The number of carbonyl (C=O) groups excluding carboxylic acids is 1. The fourth-order valence-electron chi connectivity index (χ4n) is 0.968. The second kappa shape index (κ2) is 5.30. The third-order valence-corrected chi connectivity index (χ3v) is 1.73. The number of ketones is 1. The van der Waals surface area contributed by atoms with Gasteiger partial charge in [0.05, 0.1) is 0 Å². The van der Waals surface area contributed by atoms with Crippen LogP contribution in [0.25, 0.3) is 6.08 Å². The molecule has 0 N–H and O–H groups in total. The van der Waals surface area contributed by atoms with Gasteiger partial charge in [-0.2, -0.15) is 13.2 Å². The molecule has 0 atom stereocenters. The highest BCUT2D eigenvalue weighted by atomic mass is 19.4. The number of alkyl halides is 3. The molecular formula is C12H9F3O. The van der Waals surface area contributed by atoms with E-state index >= 15 is 0 Å². The van der Waals surface area contributed by atoms with E-state index in [1.165, 1.54) is 6.08 Å². The first kappa shape index (κ1) is 12.2. The molecule has 0 fully saturated rings. The summed E-state index contributed by atoms with van der Waals surface area (Å²) in [7, 11) is 0. The van der Waals surface area contributed by atoms with Crippen molar-refractivity contribution in [3.63, 3.8) is 0 Å². The average molecular weight is 226 g/mol. The molecular weight excluding hydrogens is 217 g/mol. The van der Waals surface area contributed by atoms with Gasteiger partial charge in [-0.3, -0.25) is 4.79 Å². The molecule has 4 heteroatoms. The van der Waals surface area contributed by atoms with Crippen LogP contribution in [0.15, 0.2) is 48.6 Å². The number of hydrogen-bond acceptors (Lipinski definition) is 1. The predicted molar refractivity (Wildman–Crippen MR) is 55.7 cm³/mol. The van der Waals surface area contributed by atoms with Gasteiger partial charge in [0.25, 0.3) is 5.78 Å². The van der Waals surface area contributed by atoms with E-state index in [4.69, 9.17) is 0 Å². The molecule has 1 rings (SSSR count). The van der Waals surface area contributed by atoms with E-state index in [2.05, 4.69) is 0 Å². The molecule has 0 radical (unpaired) electrons. The third-order valence-electron chi connectivity index (χ3n) is 1.73. The second-order valence-electron chi connectivity index (χ2n) is 2.99. The summed E-state index contributed by atoms with van der Waals surface area (Å²) in [5.74, 6) is -1.86. The molecule has 0 spiro atoms. The molecule has 1 nitrogen and oxygen atoms in total. The molecule has 1 aromatic carbocycles. The molecule has 84 valence electrons. The van der Waals surface area contributed by atoms with Crippen LogP contribution < -0.4 is 0 Å². The zero-order valence-corrected chi connectivity index (χ0v) is 8.24. The molecule has 0 heterocycles. The Hall–Kier alpha value is -1.84. The zero-order valence-electron chi connectivity index (χ0n) is 8.24. The highest BCUT2D eigenvalue weighted by Crippen LogP contribution is 2.16. The Morgan fingerprint density at radius 1 is 1.06 bits per heavy atom. The van der Waals surface area contributed by atoms with Gasteiger partial charge in [0.2, 0.25) is 0 Å². The Bertz CT molecular complexity index is 402. The number of allylic oxidation sites excluding steroid dienone is 3. The molecule has 0 amide bonds. The number of rotatable bonds is 3. The van der Waals surface area contributed by atoms with Crippen LogP contribution in [0.3, 0.4) is 0 Å².